The molecule has 1 fully saturated rings. The van der Waals surface area contributed by atoms with Crippen molar-refractivity contribution in [2.24, 2.45) is 10.9 Å². The van der Waals surface area contributed by atoms with Crippen LogP contribution in [0.3, 0.4) is 0 Å². The Morgan fingerprint density at radius 1 is 1.33 bits per heavy atom. The van der Waals surface area contributed by atoms with Gasteiger partial charge in [-0.15, -0.1) is 0 Å². The van der Waals surface area contributed by atoms with Crippen LogP contribution in [0.2, 0.25) is 0 Å². The summed E-state index contributed by atoms with van der Waals surface area (Å²) in [6.07, 6.45) is 6.65. The van der Waals surface area contributed by atoms with Gasteiger partial charge in [-0.3, -0.25) is 0 Å². The number of ether oxygens (including phenoxy) is 1. The molecular formula is C17H31N5O2. The van der Waals surface area contributed by atoms with Gasteiger partial charge >= 0.3 is 0 Å². The number of aromatic nitrogens is 2. The molecule has 1 aliphatic carbocycles. The zero-order valence-corrected chi connectivity index (χ0v) is 15.2. The number of hydrogen-bond donors (Lipinski definition) is 2. The summed E-state index contributed by atoms with van der Waals surface area (Å²) in [5.41, 5.74) is 0. The second-order valence-corrected chi connectivity index (χ2v) is 6.18. The number of nitrogens with one attached hydrogen (secondary N) is 2. The van der Waals surface area contributed by atoms with Crippen molar-refractivity contribution in [1.29, 1.82) is 0 Å². The molecular weight excluding hydrogens is 306 g/mol. The highest BCUT2D eigenvalue weighted by Gasteiger charge is 2.25. The predicted molar refractivity (Wildman–Crippen MR) is 93.8 cm³/mol. The van der Waals surface area contributed by atoms with Crippen LogP contribution in [0.25, 0.3) is 0 Å². The standard InChI is InChI=1S/C17H31N5O2/c1-4-18-17(20-12-16-21-13(3)24-22-16)19-11-10-15(23-5-2)14-8-6-7-9-14/h14-15H,4-12H2,1-3H3,(H2,18,19,20). The van der Waals surface area contributed by atoms with Crippen molar-refractivity contribution in [1.82, 2.24) is 20.8 Å². The quantitative estimate of drug-likeness (QED) is 0.532. The van der Waals surface area contributed by atoms with Gasteiger partial charge in [0.2, 0.25) is 5.89 Å². The number of rotatable bonds is 9. The van der Waals surface area contributed by atoms with Crippen LogP contribution in [0.4, 0.5) is 0 Å². The third-order valence-corrected chi connectivity index (χ3v) is 4.32. The number of guanidine groups is 1. The molecule has 0 spiro atoms. The zero-order chi connectivity index (χ0) is 17.2. The molecule has 7 heteroatoms. The molecule has 2 rings (SSSR count). The molecule has 24 heavy (non-hydrogen) atoms. The normalized spacial score (nSPS) is 17.2. The van der Waals surface area contributed by atoms with E-state index >= 15 is 0 Å². The summed E-state index contributed by atoms with van der Waals surface area (Å²) in [7, 11) is 0. The number of aryl methyl sites for hydroxylation is 1. The average molecular weight is 337 g/mol. The van der Waals surface area contributed by atoms with Gasteiger partial charge in [0.05, 0.1) is 6.10 Å². The van der Waals surface area contributed by atoms with E-state index in [2.05, 4.69) is 39.6 Å². The molecule has 0 amide bonds. The molecule has 1 aromatic rings. The summed E-state index contributed by atoms with van der Waals surface area (Å²) < 4.78 is 10.9. The Hall–Kier alpha value is -1.63. The Bertz CT molecular complexity index is 497. The Morgan fingerprint density at radius 3 is 2.75 bits per heavy atom. The molecule has 1 aliphatic rings. The van der Waals surface area contributed by atoms with Gasteiger partial charge in [-0.1, -0.05) is 18.0 Å². The first kappa shape index (κ1) is 18.7. The van der Waals surface area contributed by atoms with Crippen LogP contribution in [0.1, 0.15) is 57.7 Å². The van der Waals surface area contributed by atoms with Crippen molar-refractivity contribution in [2.45, 2.75) is 65.5 Å². The van der Waals surface area contributed by atoms with Gasteiger partial charge in [0.1, 0.15) is 6.54 Å². The highest BCUT2D eigenvalue weighted by Crippen LogP contribution is 2.30. The fourth-order valence-corrected chi connectivity index (χ4v) is 3.23. The first-order valence-electron chi connectivity index (χ1n) is 9.15. The van der Waals surface area contributed by atoms with E-state index in [1.165, 1.54) is 25.7 Å². The van der Waals surface area contributed by atoms with E-state index < -0.39 is 0 Å². The smallest absolute Gasteiger partial charge is 0.223 e. The van der Waals surface area contributed by atoms with Crippen molar-refractivity contribution in [3.05, 3.63) is 11.7 Å². The summed E-state index contributed by atoms with van der Waals surface area (Å²) in [6.45, 7) is 8.76. The van der Waals surface area contributed by atoms with E-state index in [9.17, 15) is 0 Å². The van der Waals surface area contributed by atoms with E-state index in [1.54, 1.807) is 6.92 Å². The molecule has 1 saturated carbocycles. The molecule has 136 valence electrons. The van der Waals surface area contributed by atoms with E-state index in [-0.39, 0.29) is 0 Å². The largest absolute Gasteiger partial charge is 0.378 e. The summed E-state index contributed by atoms with van der Waals surface area (Å²) >= 11 is 0. The predicted octanol–water partition coefficient (Wildman–Crippen LogP) is 2.42. The lowest BCUT2D eigenvalue weighted by atomic mass is 9.98. The minimum absolute atomic E-state index is 0.354. The van der Waals surface area contributed by atoms with Crippen LogP contribution in [0, 0.1) is 12.8 Å². The Labute approximate surface area is 144 Å². The van der Waals surface area contributed by atoms with Gasteiger partial charge in [-0.2, -0.15) is 4.98 Å². The van der Waals surface area contributed by atoms with Gasteiger partial charge in [0.15, 0.2) is 11.8 Å². The topological polar surface area (TPSA) is 84.6 Å². The number of nitrogens with zero attached hydrogens (tertiary/aromatic N) is 3. The molecule has 7 nitrogen and oxygen atoms in total. The zero-order valence-electron chi connectivity index (χ0n) is 15.2. The summed E-state index contributed by atoms with van der Waals surface area (Å²) in [6, 6.07) is 0. The number of hydrogen-bond acceptors (Lipinski definition) is 5. The van der Waals surface area contributed by atoms with Gasteiger partial charge < -0.3 is 19.9 Å². The fraction of sp³-hybridized carbons (Fsp3) is 0.824. The maximum absolute atomic E-state index is 5.97. The molecule has 2 N–H and O–H groups in total. The van der Waals surface area contributed by atoms with Crippen molar-refractivity contribution < 1.29 is 9.26 Å². The molecule has 0 aromatic carbocycles. The SMILES string of the molecule is CCNC(=NCc1noc(C)n1)NCCC(OCC)C1CCCC1. The third kappa shape index (κ3) is 6.11. The van der Waals surface area contributed by atoms with Crippen LogP contribution in [0.5, 0.6) is 0 Å². The Morgan fingerprint density at radius 2 is 2.12 bits per heavy atom. The maximum Gasteiger partial charge on any atom is 0.223 e. The van der Waals surface area contributed by atoms with Gasteiger partial charge in [-0.25, -0.2) is 4.99 Å². The highest BCUT2D eigenvalue weighted by molar-refractivity contribution is 5.79. The number of aliphatic imine (C=N–C) groups is 1. The van der Waals surface area contributed by atoms with Crippen molar-refractivity contribution in [2.75, 3.05) is 19.7 Å². The lowest BCUT2D eigenvalue weighted by molar-refractivity contribution is 0.0169. The lowest BCUT2D eigenvalue weighted by Crippen LogP contribution is -2.39. The molecule has 1 heterocycles. The van der Waals surface area contributed by atoms with Crippen LogP contribution in [-0.2, 0) is 11.3 Å². The molecule has 0 bridgehead atoms. The first-order valence-corrected chi connectivity index (χ1v) is 9.15. The van der Waals surface area contributed by atoms with E-state index in [0.717, 1.165) is 32.1 Å². The van der Waals surface area contributed by atoms with Gasteiger partial charge in [-0.05, 0) is 39.0 Å². The van der Waals surface area contributed by atoms with Gasteiger partial charge in [0.25, 0.3) is 0 Å². The first-order chi connectivity index (χ1) is 11.7. The van der Waals surface area contributed by atoms with E-state index in [1.807, 2.05) is 0 Å². The monoisotopic (exact) mass is 337 g/mol. The van der Waals surface area contributed by atoms with Crippen LogP contribution in [0.15, 0.2) is 9.52 Å². The Balaban J connectivity index is 1.80. The van der Waals surface area contributed by atoms with E-state index in [4.69, 9.17) is 9.26 Å². The summed E-state index contributed by atoms with van der Waals surface area (Å²) in [5, 5.41) is 10.5. The lowest BCUT2D eigenvalue weighted by Gasteiger charge is -2.24. The molecule has 1 atom stereocenters. The molecule has 1 unspecified atom stereocenters. The minimum atomic E-state index is 0.354. The highest BCUT2D eigenvalue weighted by atomic mass is 16.5. The van der Waals surface area contributed by atoms with Crippen LogP contribution in [-0.4, -0.2) is 41.9 Å². The maximum atomic E-state index is 5.97. The second-order valence-electron chi connectivity index (χ2n) is 6.18. The molecule has 0 saturated heterocycles. The Kier molecular flexibility index (Phi) is 8.01. The average Bonchev–Trinajstić information content (AvgIpc) is 3.23. The summed E-state index contributed by atoms with van der Waals surface area (Å²) in [5.74, 6) is 2.66. The van der Waals surface area contributed by atoms with E-state index in [0.29, 0.717) is 30.3 Å². The van der Waals surface area contributed by atoms with Crippen LogP contribution >= 0.6 is 0 Å². The minimum Gasteiger partial charge on any atom is -0.378 e. The van der Waals surface area contributed by atoms with Crippen LogP contribution < -0.4 is 10.6 Å². The van der Waals surface area contributed by atoms with Gasteiger partial charge in [0, 0.05) is 26.6 Å². The second kappa shape index (κ2) is 10.3. The van der Waals surface area contributed by atoms with Crippen molar-refractivity contribution in [3.63, 3.8) is 0 Å². The summed E-state index contributed by atoms with van der Waals surface area (Å²) in [4.78, 5) is 8.67. The molecule has 1 aromatic heterocycles. The fourth-order valence-electron chi connectivity index (χ4n) is 3.23. The molecule has 0 radical (unpaired) electrons. The molecule has 0 aliphatic heterocycles. The third-order valence-electron chi connectivity index (χ3n) is 4.32. The van der Waals surface area contributed by atoms with Crippen molar-refractivity contribution in [3.8, 4) is 0 Å². The van der Waals surface area contributed by atoms with Crippen molar-refractivity contribution >= 4 is 5.96 Å².